The summed E-state index contributed by atoms with van der Waals surface area (Å²) >= 11 is 0. The first kappa shape index (κ1) is 10.7. The van der Waals surface area contributed by atoms with Gasteiger partial charge in [0.05, 0.1) is 6.61 Å². The fourth-order valence-electron chi connectivity index (χ4n) is 1.22. The van der Waals surface area contributed by atoms with E-state index >= 15 is 0 Å². The first-order chi connectivity index (χ1) is 6.83. The monoisotopic (exact) mass is 193 g/mol. The summed E-state index contributed by atoms with van der Waals surface area (Å²) in [6.45, 7) is 2.28. The standard InChI is InChI=1S/C11H15NO2/c1-2-14-11(13)7-3-5-10-6-4-8-12-9-10/h4,6,8-9H,2-3,5,7H2,1H3. The van der Waals surface area contributed by atoms with Crippen LogP contribution in [0.3, 0.4) is 0 Å². The molecule has 0 spiro atoms. The van der Waals surface area contributed by atoms with Crippen molar-refractivity contribution in [1.82, 2.24) is 4.98 Å². The van der Waals surface area contributed by atoms with Crippen molar-refractivity contribution in [2.75, 3.05) is 6.61 Å². The molecule has 1 aromatic rings. The largest absolute Gasteiger partial charge is 0.466 e. The summed E-state index contributed by atoms with van der Waals surface area (Å²) in [6.07, 6.45) is 5.76. The summed E-state index contributed by atoms with van der Waals surface area (Å²) in [6, 6.07) is 3.91. The van der Waals surface area contributed by atoms with Gasteiger partial charge in [-0.2, -0.15) is 0 Å². The molecule has 0 N–H and O–H groups in total. The van der Waals surface area contributed by atoms with Gasteiger partial charge in [-0.05, 0) is 31.4 Å². The number of hydrogen-bond donors (Lipinski definition) is 0. The fourth-order valence-corrected chi connectivity index (χ4v) is 1.22. The lowest BCUT2D eigenvalue weighted by molar-refractivity contribution is -0.143. The van der Waals surface area contributed by atoms with Gasteiger partial charge in [0.2, 0.25) is 0 Å². The summed E-state index contributed by atoms with van der Waals surface area (Å²) < 4.78 is 4.83. The average Bonchev–Trinajstić information content (AvgIpc) is 2.20. The van der Waals surface area contributed by atoms with Gasteiger partial charge in [-0.3, -0.25) is 9.78 Å². The maximum absolute atomic E-state index is 11.0. The molecule has 0 aliphatic carbocycles. The van der Waals surface area contributed by atoms with Gasteiger partial charge < -0.3 is 4.74 Å². The number of aryl methyl sites for hydroxylation is 1. The van der Waals surface area contributed by atoms with Crippen molar-refractivity contribution in [2.45, 2.75) is 26.2 Å². The van der Waals surface area contributed by atoms with E-state index in [-0.39, 0.29) is 5.97 Å². The van der Waals surface area contributed by atoms with E-state index in [0.29, 0.717) is 13.0 Å². The van der Waals surface area contributed by atoms with E-state index in [0.717, 1.165) is 18.4 Å². The number of hydrogen-bond acceptors (Lipinski definition) is 3. The predicted octanol–water partition coefficient (Wildman–Crippen LogP) is 1.97. The van der Waals surface area contributed by atoms with Crippen LogP contribution in [0.4, 0.5) is 0 Å². The molecule has 1 heterocycles. The van der Waals surface area contributed by atoms with Gasteiger partial charge in [-0.15, -0.1) is 0 Å². The van der Waals surface area contributed by atoms with Crippen LogP contribution < -0.4 is 0 Å². The van der Waals surface area contributed by atoms with Crippen LogP contribution in [-0.2, 0) is 16.0 Å². The molecule has 0 atom stereocenters. The molecule has 0 aliphatic rings. The molecule has 3 heteroatoms. The summed E-state index contributed by atoms with van der Waals surface area (Å²) in [7, 11) is 0. The fraction of sp³-hybridized carbons (Fsp3) is 0.455. The molecule has 3 nitrogen and oxygen atoms in total. The first-order valence-electron chi connectivity index (χ1n) is 4.87. The average molecular weight is 193 g/mol. The summed E-state index contributed by atoms with van der Waals surface area (Å²) in [5, 5.41) is 0. The van der Waals surface area contributed by atoms with Crippen LogP contribution >= 0.6 is 0 Å². The molecule has 14 heavy (non-hydrogen) atoms. The Hall–Kier alpha value is -1.38. The van der Waals surface area contributed by atoms with Gasteiger partial charge >= 0.3 is 5.97 Å². The number of rotatable bonds is 5. The molecule has 0 saturated carbocycles. The van der Waals surface area contributed by atoms with E-state index in [4.69, 9.17) is 4.74 Å². The lowest BCUT2D eigenvalue weighted by Gasteiger charge is -2.01. The van der Waals surface area contributed by atoms with Gasteiger partial charge in [-0.25, -0.2) is 0 Å². The number of ether oxygens (including phenoxy) is 1. The van der Waals surface area contributed by atoms with E-state index in [2.05, 4.69) is 4.98 Å². The van der Waals surface area contributed by atoms with Crippen LogP contribution in [0.15, 0.2) is 24.5 Å². The summed E-state index contributed by atoms with van der Waals surface area (Å²) in [5.41, 5.74) is 1.16. The van der Waals surface area contributed by atoms with Crippen molar-refractivity contribution in [2.24, 2.45) is 0 Å². The first-order valence-corrected chi connectivity index (χ1v) is 4.87. The molecule has 0 aliphatic heterocycles. The second kappa shape index (κ2) is 6.13. The summed E-state index contributed by atoms with van der Waals surface area (Å²) in [4.78, 5) is 15.0. The quantitative estimate of drug-likeness (QED) is 0.671. The minimum absolute atomic E-state index is 0.114. The Bertz CT molecular complexity index is 272. The Balaban J connectivity index is 2.19. The normalized spacial score (nSPS) is 9.79. The van der Waals surface area contributed by atoms with E-state index < -0.39 is 0 Å². The second-order valence-corrected chi connectivity index (χ2v) is 3.02. The molecular weight excluding hydrogens is 178 g/mol. The van der Waals surface area contributed by atoms with Crippen LogP contribution in [0.1, 0.15) is 25.3 Å². The van der Waals surface area contributed by atoms with Crippen molar-refractivity contribution in [1.29, 1.82) is 0 Å². The SMILES string of the molecule is CCOC(=O)CCCc1cccnc1. The Kier molecular flexibility index (Phi) is 4.69. The van der Waals surface area contributed by atoms with E-state index in [9.17, 15) is 4.79 Å². The van der Waals surface area contributed by atoms with E-state index in [1.807, 2.05) is 25.3 Å². The van der Waals surface area contributed by atoms with Gasteiger partial charge in [0, 0.05) is 18.8 Å². The highest BCUT2D eigenvalue weighted by Gasteiger charge is 2.01. The van der Waals surface area contributed by atoms with E-state index in [1.165, 1.54) is 0 Å². The molecule has 1 rings (SSSR count). The molecule has 0 saturated heterocycles. The van der Waals surface area contributed by atoms with Gasteiger partial charge in [0.15, 0.2) is 0 Å². The Morgan fingerprint density at radius 2 is 2.43 bits per heavy atom. The smallest absolute Gasteiger partial charge is 0.305 e. The van der Waals surface area contributed by atoms with Crippen LogP contribution in [0, 0.1) is 0 Å². The number of aromatic nitrogens is 1. The van der Waals surface area contributed by atoms with Crippen LogP contribution in [-0.4, -0.2) is 17.6 Å². The van der Waals surface area contributed by atoms with Crippen LogP contribution in [0.25, 0.3) is 0 Å². The Morgan fingerprint density at radius 1 is 1.57 bits per heavy atom. The third-order valence-corrected chi connectivity index (χ3v) is 1.87. The number of carbonyl (C=O) groups excluding carboxylic acids is 1. The molecule has 0 fully saturated rings. The van der Waals surface area contributed by atoms with Crippen LogP contribution in [0.2, 0.25) is 0 Å². The molecule has 1 aromatic heterocycles. The van der Waals surface area contributed by atoms with Crippen molar-refractivity contribution >= 4 is 5.97 Å². The van der Waals surface area contributed by atoms with Gasteiger partial charge in [0.25, 0.3) is 0 Å². The van der Waals surface area contributed by atoms with Gasteiger partial charge in [-0.1, -0.05) is 6.07 Å². The number of pyridine rings is 1. The van der Waals surface area contributed by atoms with Gasteiger partial charge in [0.1, 0.15) is 0 Å². The second-order valence-electron chi connectivity index (χ2n) is 3.02. The molecule has 0 bridgehead atoms. The lowest BCUT2D eigenvalue weighted by atomic mass is 10.1. The van der Waals surface area contributed by atoms with Crippen LogP contribution in [0.5, 0.6) is 0 Å². The molecular formula is C11H15NO2. The highest BCUT2D eigenvalue weighted by molar-refractivity contribution is 5.69. The highest BCUT2D eigenvalue weighted by Crippen LogP contribution is 2.03. The third kappa shape index (κ3) is 4.03. The van der Waals surface area contributed by atoms with Crippen molar-refractivity contribution < 1.29 is 9.53 Å². The molecule has 76 valence electrons. The molecule has 0 unspecified atom stereocenters. The highest BCUT2D eigenvalue weighted by atomic mass is 16.5. The number of esters is 1. The number of nitrogens with zero attached hydrogens (tertiary/aromatic N) is 1. The lowest BCUT2D eigenvalue weighted by Crippen LogP contribution is -2.03. The van der Waals surface area contributed by atoms with Crippen molar-refractivity contribution in [3.8, 4) is 0 Å². The molecule has 0 amide bonds. The minimum atomic E-state index is -0.114. The molecule has 0 aromatic carbocycles. The summed E-state index contributed by atoms with van der Waals surface area (Å²) in [5.74, 6) is -0.114. The zero-order valence-electron chi connectivity index (χ0n) is 8.40. The maximum Gasteiger partial charge on any atom is 0.305 e. The minimum Gasteiger partial charge on any atom is -0.466 e. The number of carbonyl (C=O) groups is 1. The predicted molar refractivity (Wildman–Crippen MR) is 53.8 cm³/mol. The van der Waals surface area contributed by atoms with Crippen molar-refractivity contribution in [3.05, 3.63) is 30.1 Å². The Labute approximate surface area is 84.1 Å². The molecule has 0 radical (unpaired) electrons. The van der Waals surface area contributed by atoms with E-state index in [1.54, 1.807) is 6.20 Å². The topological polar surface area (TPSA) is 39.2 Å². The third-order valence-electron chi connectivity index (χ3n) is 1.87. The zero-order valence-corrected chi connectivity index (χ0v) is 8.40. The Morgan fingerprint density at radius 3 is 3.07 bits per heavy atom. The maximum atomic E-state index is 11.0. The zero-order chi connectivity index (χ0) is 10.2. The van der Waals surface area contributed by atoms with Crippen molar-refractivity contribution in [3.63, 3.8) is 0 Å².